The maximum absolute atomic E-state index is 12.2. The van der Waals surface area contributed by atoms with E-state index in [1.807, 2.05) is 0 Å². The summed E-state index contributed by atoms with van der Waals surface area (Å²) in [6.07, 6.45) is 2.81. The number of carbonyl (C=O) groups excluding carboxylic acids is 1. The number of rotatable bonds is 3. The Morgan fingerprint density at radius 1 is 1.37 bits per heavy atom. The van der Waals surface area contributed by atoms with Gasteiger partial charge < -0.3 is 11.1 Å². The van der Waals surface area contributed by atoms with Crippen molar-refractivity contribution >= 4 is 46.3 Å². The minimum absolute atomic E-state index is 0.0138. The van der Waals surface area contributed by atoms with Crippen molar-refractivity contribution in [3.63, 3.8) is 0 Å². The number of thiocarbonyl (C=S) groups is 1. The van der Waals surface area contributed by atoms with E-state index in [0.29, 0.717) is 20.6 Å². The molecule has 0 bridgehead atoms. The van der Waals surface area contributed by atoms with Gasteiger partial charge in [0.15, 0.2) is 0 Å². The molecule has 1 aliphatic carbocycles. The number of halogens is 2. The molecule has 1 aromatic rings. The highest BCUT2D eigenvalue weighted by atomic mass is 35.5. The van der Waals surface area contributed by atoms with Gasteiger partial charge in [0.2, 0.25) is 0 Å². The number of nitrogens with one attached hydrogen (secondary N) is 1. The van der Waals surface area contributed by atoms with Crippen LogP contribution in [0.3, 0.4) is 0 Å². The average Bonchev–Trinajstić information content (AvgIpc) is 2.80. The van der Waals surface area contributed by atoms with Crippen molar-refractivity contribution in [2.24, 2.45) is 11.7 Å². The van der Waals surface area contributed by atoms with Crippen LogP contribution in [0.5, 0.6) is 0 Å². The number of hydrogen-bond donors (Lipinski definition) is 2. The quantitative estimate of drug-likeness (QED) is 0.842. The van der Waals surface area contributed by atoms with Gasteiger partial charge in [-0.05, 0) is 31.0 Å². The van der Waals surface area contributed by atoms with Gasteiger partial charge in [-0.2, -0.15) is 0 Å². The van der Waals surface area contributed by atoms with Crippen molar-refractivity contribution in [2.45, 2.75) is 25.3 Å². The van der Waals surface area contributed by atoms with Crippen LogP contribution in [-0.4, -0.2) is 16.9 Å². The molecule has 2 rings (SSSR count). The van der Waals surface area contributed by atoms with Crippen molar-refractivity contribution in [3.8, 4) is 0 Å². The summed E-state index contributed by atoms with van der Waals surface area (Å²) in [6.45, 7) is 0. The van der Waals surface area contributed by atoms with Gasteiger partial charge in [-0.25, -0.2) is 0 Å². The highest BCUT2D eigenvalue weighted by Gasteiger charge is 2.31. The fraction of sp³-hybridized carbons (Fsp3) is 0.385. The Hall–Kier alpha value is -0.840. The van der Waals surface area contributed by atoms with Gasteiger partial charge in [-0.15, -0.1) is 0 Å². The molecule has 3 N–H and O–H groups in total. The van der Waals surface area contributed by atoms with Crippen molar-refractivity contribution in [1.29, 1.82) is 0 Å². The third kappa shape index (κ3) is 3.38. The van der Waals surface area contributed by atoms with Crippen LogP contribution >= 0.6 is 35.4 Å². The molecule has 0 spiro atoms. The van der Waals surface area contributed by atoms with Crippen molar-refractivity contribution in [3.05, 3.63) is 33.8 Å². The lowest BCUT2D eigenvalue weighted by Crippen LogP contribution is -2.41. The third-order valence-electron chi connectivity index (χ3n) is 3.37. The maximum atomic E-state index is 12.2. The molecule has 0 saturated heterocycles. The van der Waals surface area contributed by atoms with E-state index < -0.39 is 0 Å². The molecule has 0 radical (unpaired) electrons. The zero-order valence-electron chi connectivity index (χ0n) is 10.2. The topological polar surface area (TPSA) is 55.1 Å². The van der Waals surface area contributed by atoms with Crippen molar-refractivity contribution in [1.82, 2.24) is 5.32 Å². The van der Waals surface area contributed by atoms with Crippen LogP contribution in [0.4, 0.5) is 0 Å². The molecule has 0 aliphatic heterocycles. The van der Waals surface area contributed by atoms with E-state index in [0.717, 1.165) is 19.3 Å². The summed E-state index contributed by atoms with van der Waals surface area (Å²) < 4.78 is 0. The Morgan fingerprint density at radius 2 is 2.11 bits per heavy atom. The number of benzene rings is 1. The zero-order chi connectivity index (χ0) is 14.0. The van der Waals surface area contributed by atoms with E-state index >= 15 is 0 Å². The number of hydrogen-bond acceptors (Lipinski definition) is 2. The van der Waals surface area contributed by atoms with Crippen molar-refractivity contribution in [2.75, 3.05) is 0 Å². The second kappa shape index (κ2) is 6.07. The van der Waals surface area contributed by atoms with Gasteiger partial charge in [0, 0.05) is 17.0 Å². The fourth-order valence-corrected chi connectivity index (χ4v) is 3.05. The summed E-state index contributed by atoms with van der Waals surface area (Å²) >= 11 is 16.9. The Morgan fingerprint density at radius 3 is 2.79 bits per heavy atom. The van der Waals surface area contributed by atoms with Crippen LogP contribution in [-0.2, 0) is 0 Å². The van der Waals surface area contributed by atoms with E-state index in [1.165, 1.54) is 0 Å². The lowest BCUT2D eigenvalue weighted by molar-refractivity contribution is 0.0934. The smallest absolute Gasteiger partial charge is 0.253 e. The summed E-state index contributed by atoms with van der Waals surface area (Å²) in [6, 6.07) is 4.80. The molecule has 1 fully saturated rings. The SMILES string of the molecule is NC(=S)C1CCCC1NC(=O)c1cc(Cl)ccc1Cl. The zero-order valence-corrected chi connectivity index (χ0v) is 12.5. The average molecular weight is 317 g/mol. The van der Waals surface area contributed by atoms with Crippen LogP contribution in [0.15, 0.2) is 18.2 Å². The van der Waals surface area contributed by atoms with E-state index in [2.05, 4.69) is 5.32 Å². The fourth-order valence-electron chi connectivity index (χ4n) is 2.39. The Bertz CT molecular complexity index is 521. The van der Waals surface area contributed by atoms with E-state index in [4.69, 9.17) is 41.2 Å². The molecule has 0 heterocycles. The minimum Gasteiger partial charge on any atom is -0.393 e. The molecule has 0 aromatic heterocycles. The molecule has 1 saturated carbocycles. The van der Waals surface area contributed by atoms with E-state index in [9.17, 15) is 4.79 Å². The highest BCUT2D eigenvalue weighted by molar-refractivity contribution is 7.80. The lowest BCUT2D eigenvalue weighted by Gasteiger charge is -2.20. The molecule has 1 aromatic carbocycles. The summed E-state index contributed by atoms with van der Waals surface area (Å²) in [5.74, 6) is -0.169. The van der Waals surface area contributed by atoms with Gasteiger partial charge in [-0.1, -0.05) is 41.8 Å². The lowest BCUT2D eigenvalue weighted by atomic mass is 10.0. The maximum Gasteiger partial charge on any atom is 0.253 e. The third-order valence-corrected chi connectivity index (χ3v) is 4.24. The highest BCUT2D eigenvalue weighted by Crippen LogP contribution is 2.27. The molecular weight excluding hydrogens is 303 g/mol. The first kappa shape index (κ1) is 14.6. The number of carbonyl (C=O) groups is 1. The first-order valence-electron chi connectivity index (χ1n) is 6.04. The molecule has 6 heteroatoms. The van der Waals surface area contributed by atoms with E-state index in [-0.39, 0.29) is 17.9 Å². The van der Waals surface area contributed by atoms with Gasteiger partial charge in [0.05, 0.1) is 15.6 Å². The van der Waals surface area contributed by atoms with Gasteiger partial charge >= 0.3 is 0 Å². The van der Waals surface area contributed by atoms with Gasteiger partial charge in [0.25, 0.3) is 5.91 Å². The van der Waals surface area contributed by atoms with Crippen LogP contribution in [0.1, 0.15) is 29.6 Å². The van der Waals surface area contributed by atoms with Gasteiger partial charge in [-0.3, -0.25) is 4.79 Å². The van der Waals surface area contributed by atoms with Gasteiger partial charge in [0.1, 0.15) is 0 Å². The predicted octanol–water partition coefficient (Wildman–Crippen LogP) is 3.18. The molecule has 2 unspecified atom stereocenters. The molecule has 102 valence electrons. The second-order valence-corrected chi connectivity index (χ2v) is 5.96. The predicted molar refractivity (Wildman–Crippen MR) is 81.8 cm³/mol. The Labute approximate surface area is 127 Å². The molecule has 1 aliphatic rings. The Balaban J connectivity index is 2.12. The molecule has 2 atom stereocenters. The standard InChI is InChI=1S/C13H14Cl2N2OS/c14-7-4-5-10(15)9(6-7)13(18)17-11-3-1-2-8(11)12(16)19/h4-6,8,11H,1-3H2,(H2,16,19)(H,17,18). The van der Waals surface area contributed by atoms with Crippen LogP contribution in [0, 0.1) is 5.92 Å². The second-order valence-electron chi connectivity index (χ2n) is 4.64. The molecule has 19 heavy (non-hydrogen) atoms. The molecule has 1 amide bonds. The summed E-state index contributed by atoms with van der Waals surface area (Å²) in [4.78, 5) is 12.7. The largest absolute Gasteiger partial charge is 0.393 e. The van der Waals surface area contributed by atoms with Crippen molar-refractivity contribution < 1.29 is 4.79 Å². The normalized spacial score (nSPS) is 22.2. The Kier molecular flexibility index (Phi) is 4.66. The first-order chi connectivity index (χ1) is 8.99. The first-order valence-corrected chi connectivity index (χ1v) is 7.20. The monoisotopic (exact) mass is 316 g/mol. The van der Waals surface area contributed by atoms with Crippen LogP contribution in [0.2, 0.25) is 10.0 Å². The number of amides is 1. The molecular formula is C13H14Cl2N2OS. The molecule has 3 nitrogen and oxygen atoms in total. The summed E-state index contributed by atoms with van der Waals surface area (Å²) in [5, 5.41) is 3.80. The van der Waals surface area contributed by atoms with Crippen LogP contribution < -0.4 is 11.1 Å². The summed E-state index contributed by atoms with van der Waals surface area (Å²) in [7, 11) is 0. The van der Waals surface area contributed by atoms with E-state index in [1.54, 1.807) is 18.2 Å². The number of nitrogens with two attached hydrogens (primary N) is 1. The van der Waals surface area contributed by atoms with Crippen LogP contribution in [0.25, 0.3) is 0 Å². The summed E-state index contributed by atoms with van der Waals surface area (Å²) in [5.41, 5.74) is 6.07. The minimum atomic E-state index is -0.236.